The number of carbonyl (C=O) groups is 1. The zero-order valence-electron chi connectivity index (χ0n) is 19.0. The van der Waals surface area contributed by atoms with E-state index in [0.717, 1.165) is 12.8 Å². The van der Waals surface area contributed by atoms with E-state index < -0.39 is 6.10 Å². The minimum atomic E-state index is -0.491. The standard InChI is InChI=1S/C27H46O2/c1-2-3-4-5-6-7-8-9-10-11-12-13-14-15-16-20-23-26(28)24-27(29)25-21-18-17-19-22-25/h17-19,21-22,26,28H,2-16,20,23-24H2,1H3. The van der Waals surface area contributed by atoms with E-state index in [-0.39, 0.29) is 12.2 Å². The van der Waals surface area contributed by atoms with Crippen LogP contribution >= 0.6 is 0 Å². The fourth-order valence-corrected chi connectivity index (χ4v) is 3.99. The van der Waals surface area contributed by atoms with E-state index in [0.29, 0.717) is 5.56 Å². The van der Waals surface area contributed by atoms with Gasteiger partial charge in [0.15, 0.2) is 5.78 Å². The zero-order valence-corrected chi connectivity index (χ0v) is 19.0. The van der Waals surface area contributed by atoms with Crippen molar-refractivity contribution in [2.75, 3.05) is 0 Å². The minimum absolute atomic E-state index is 0.0505. The van der Waals surface area contributed by atoms with Crippen LogP contribution in [0.5, 0.6) is 0 Å². The van der Waals surface area contributed by atoms with Crippen molar-refractivity contribution in [3.63, 3.8) is 0 Å². The summed E-state index contributed by atoms with van der Waals surface area (Å²) in [5, 5.41) is 10.1. The number of unbranched alkanes of at least 4 members (excludes halogenated alkanes) is 15. The van der Waals surface area contributed by atoms with Gasteiger partial charge in [0.2, 0.25) is 0 Å². The number of Topliss-reactive ketones (excluding diaryl/α,β-unsaturated/α-hetero) is 1. The SMILES string of the molecule is CCCCCCCCCCCCCCCCCCC(O)CC(=O)c1ccccc1. The predicted octanol–water partition coefficient (Wildman–Crippen LogP) is 8.27. The molecule has 0 radical (unpaired) electrons. The van der Waals surface area contributed by atoms with Crippen molar-refractivity contribution in [2.45, 2.75) is 129 Å². The Hall–Kier alpha value is -1.15. The lowest BCUT2D eigenvalue weighted by Gasteiger charge is -2.09. The van der Waals surface area contributed by atoms with Gasteiger partial charge in [0.1, 0.15) is 0 Å². The lowest BCUT2D eigenvalue weighted by Crippen LogP contribution is -2.13. The molecule has 1 aromatic carbocycles. The van der Waals surface area contributed by atoms with Crippen molar-refractivity contribution < 1.29 is 9.90 Å². The average Bonchev–Trinajstić information content (AvgIpc) is 2.74. The molecule has 0 fully saturated rings. The Morgan fingerprint density at radius 1 is 0.690 bits per heavy atom. The third-order valence-electron chi connectivity index (χ3n) is 5.91. The summed E-state index contributed by atoms with van der Waals surface area (Å²) in [4.78, 5) is 12.1. The molecule has 0 aromatic heterocycles. The van der Waals surface area contributed by atoms with Crippen molar-refractivity contribution in [3.05, 3.63) is 35.9 Å². The first-order chi connectivity index (χ1) is 14.2. The smallest absolute Gasteiger partial charge is 0.165 e. The van der Waals surface area contributed by atoms with Gasteiger partial charge < -0.3 is 5.11 Å². The molecule has 0 amide bonds. The minimum Gasteiger partial charge on any atom is -0.393 e. The van der Waals surface area contributed by atoms with Gasteiger partial charge in [-0.05, 0) is 6.42 Å². The number of aliphatic hydroxyl groups is 1. The molecule has 0 saturated carbocycles. The normalized spacial score (nSPS) is 12.2. The average molecular weight is 403 g/mol. The summed E-state index contributed by atoms with van der Waals surface area (Å²) in [6, 6.07) is 9.29. The summed E-state index contributed by atoms with van der Waals surface area (Å²) in [6.45, 7) is 2.28. The van der Waals surface area contributed by atoms with Gasteiger partial charge in [0, 0.05) is 12.0 Å². The maximum atomic E-state index is 12.1. The molecule has 29 heavy (non-hydrogen) atoms. The highest BCUT2D eigenvalue weighted by Gasteiger charge is 2.12. The van der Waals surface area contributed by atoms with Gasteiger partial charge in [-0.2, -0.15) is 0 Å². The zero-order chi connectivity index (χ0) is 21.0. The molecule has 1 atom stereocenters. The third-order valence-corrected chi connectivity index (χ3v) is 5.91. The van der Waals surface area contributed by atoms with Crippen LogP contribution in [-0.4, -0.2) is 17.0 Å². The molecule has 0 aliphatic carbocycles. The number of benzene rings is 1. The van der Waals surface area contributed by atoms with Crippen LogP contribution in [0.15, 0.2) is 30.3 Å². The maximum absolute atomic E-state index is 12.1. The van der Waals surface area contributed by atoms with Gasteiger partial charge in [-0.1, -0.05) is 140 Å². The number of carbonyl (C=O) groups excluding carboxylic acids is 1. The highest BCUT2D eigenvalue weighted by molar-refractivity contribution is 5.96. The monoisotopic (exact) mass is 402 g/mol. The predicted molar refractivity (Wildman–Crippen MR) is 126 cm³/mol. The summed E-state index contributed by atoms with van der Waals surface area (Å²) < 4.78 is 0. The van der Waals surface area contributed by atoms with Gasteiger partial charge in [0.05, 0.1) is 6.10 Å². The Bertz CT molecular complexity index is 483. The lowest BCUT2D eigenvalue weighted by atomic mass is 10.0. The molecular formula is C27H46O2. The summed E-state index contributed by atoms with van der Waals surface area (Å²) in [5.74, 6) is 0.0505. The first-order valence-electron chi connectivity index (χ1n) is 12.5. The Morgan fingerprint density at radius 2 is 1.10 bits per heavy atom. The molecule has 1 unspecified atom stereocenters. The van der Waals surface area contributed by atoms with Crippen LogP contribution in [0.25, 0.3) is 0 Å². The molecule has 2 heteroatoms. The summed E-state index contributed by atoms with van der Waals surface area (Å²) >= 11 is 0. The number of rotatable bonds is 20. The molecule has 1 N–H and O–H groups in total. The van der Waals surface area contributed by atoms with Crippen LogP contribution in [0, 0.1) is 0 Å². The van der Waals surface area contributed by atoms with Crippen molar-refractivity contribution in [1.29, 1.82) is 0 Å². The molecule has 166 valence electrons. The highest BCUT2D eigenvalue weighted by atomic mass is 16.3. The maximum Gasteiger partial charge on any atom is 0.165 e. The summed E-state index contributed by atoms with van der Waals surface area (Å²) in [6.07, 6.45) is 22.2. The molecule has 2 nitrogen and oxygen atoms in total. The molecule has 0 aliphatic rings. The van der Waals surface area contributed by atoms with E-state index in [1.54, 1.807) is 0 Å². The Morgan fingerprint density at radius 3 is 1.55 bits per heavy atom. The second kappa shape index (κ2) is 18.9. The first-order valence-corrected chi connectivity index (χ1v) is 12.5. The van der Waals surface area contributed by atoms with E-state index in [9.17, 15) is 9.90 Å². The van der Waals surface area contributed by atoms with Crippen LogP contribution < -0.4 is 0 Å². The van der Waals surface area contributed by atoms with Crippen molar-refractivity contribution in [3.8, 4) is 0 Å². The topological polar surface area (TPSA) is 37.3 Å². The van der Waals surface area contributed by atoms with Crippen LogP contribution in [0.1, 0.15) is 133 Å². The lowest BCUT2D eigenvalue weighted by molar-refractivity contribution is 0.0864. The Kier molecular flexibility index (Phi) is 16.8. The molecule has 0 heterocycles. The van der Waals surface area contributed by atoms with Gasteiger partial charge >= 0.3 is 0 Å². The van der Waals surface area contributed by atoms with Gasteiger partial charge in [-0.25, -0.2) is 0 Å². The number of ketones is 1. The second-order valence-corrected chi connectivity index (χ2v) is 8.74. The van der Waals surface area contributed by atoms with Gasteiger partial charge in [0.25, 0.3) is 0 Å². The van der Waals surface area contributed by atoms with E-state index in [2.05, 4.69) is 6.92 Å². The van der Waals surface area contributed by atoms with Crippen molar-refractivity contribution in [2.24, 2.45) is 0 Å². The molecule has 0 saturated heterocycles. The quantitative estimate of drug-likeness (QED) is 0.176. The number of hydrogen-bond donors (Lipinski definition) is 1. The number of aliphatic hydroxyl groups excluding tert-OH is 1. The van der Waals surface area contributed by atoms with Crippen LogP contribution in [0.2, 0.25) is 0 Å². The van der Waals surface area contributed by atoms with Crippen LogP contribution in [0.4, 0.5) is 0 Å². The summed E-state index contributed by atoms with van der Waals surface area (Å²) in [7, 11) is 0. The largest absolute Gasteiger partial charge is 0.393 e. The Balaban J connectivity index is 1.81. The van der Waals surface area contributed by atoms with Crippen molar-refractivity contribution in [1.82, 2.24) is 0 Å². The van der Waals surface area contributed by atoms with Crippen LogP contribution in [-0.2, 0) is 0 Å². The van der Waals surface area contributed by atoms with Gasteiger partial charge in [-0.15, -0.1) is 0 Å². The first kappa shape index (κ1) is 25.9. The second-order valence-electron chi connectivity index (χ2n) is 8.74. The molecule has 1 rings (SSSR count). The van der Waals surface area contributed by atoms with Crippen LogP contribution in [0.3, 0.4) is 0 Å². The highest BCUT2D eigenvalue weighted by Crippen LogP contribution is 2.15. The molecule has 0 bridgehead atoms. The van der Waals surface area contributed by atoms with E-state index in [4.69, 9.17) is 0 Å². The van der Waals surface area contributed by atoms with E-state index in [1.807, 2.05) is 30.3 Å². The third kappa shape index (κ3) is 15.4. The van der Waals surface area contributed by atoms with E-state index >= 15 is 0 Å². The Labute approximate surface area is 180 Å². The fraction of sp³-hybridized carbons (Fsp3) is 0.741. The summed E-state index contributed by atoms with van der Waals surface area (Å²) in [5.41, 5.74) is 0.707. The molecular weight excluding hydrogens is 356 g/mol. The molecule has 1 aromatic rings. The van der Waals surface area contributed by atoms with Crippen molar-refractivity contribution >= 4 is 5.78 Å². The fourth-order valence-electron chi connectivity index (χ4n) is 3.99. The van der Waals surface area contributed by atoms with Gasteiger partial charge in [-0.3, -0.25) is 4.79 Å². The number of hydrogen-bond acceptors (Lipinski definition) is 2. The molecule has 0 aliphatic heterocycles. The van der Waals surface area contributed by atoms with E-state index in [1.165, 1.54) is 96.3 Å². The molecule has 0 spiro atoms.